The molecule has 0 fully saturated rings. The molecule has 0 aliphatic carbocycles. The summed E-state index contributed by atoms with van der Waals surface area (Å²) in [5.41, 5.74) is 0. The van der Waals surface area contributed by atoms with Gasteiger partial charge < -0.3 is 15.1 Å². The smallest absolute Gasteiger partial charge is 0.0666 e. The minimum atomic E-state index is -0.178. The monoisotopic (exact) mass is 203 g/mol. The fourth-order valence-corrected chi connectivity index (χ4v) is 1.53. The minimum absolute atomic E-state index is 0.178. The lowest BCUT2D eigenvalue weighted by atomic mass is 10.1. The zero-order chi connectivity index (χ0) is 10.8. The van der Waals surface area contributed by atoms with Gasteiger partial charge in [-0.3, -0.25) is 0 Å². The van der Waals surface area contributed by atoms with Gasteiger partial charge in [-0.2, -0.15) is 0 Å². The molecule has 0 amide bonds. The van der Waals surface area contributed by atoms with E-state index in [0.717, 1.165) is 32.2 Å². The molecular formula is C11H25NO2. The highest BCUT2D eigenvalue weighted by Crippen LogP contribution is 2.07. The second-order valence-electron chi connectivity index (χ2n) is 4.20. The Bertz CT molecular complexity index is 118. The van der Waals surface area contributed by atoms with Gasteiger partial charge in [0.25, 0.3) is 0 Å². The maximum atomic E-state index is 9.54. The van der Waals surface area contributed by atoms with E-state index in [2.05, 4.69) is 0 Å². The lowest BCUT2D eigenvalue weighted by Crippen LogP contribution is -2.25. The van der Waals surface area contributed by atoms with Crippen LogP contribution < -0.4 is 0 Å². The highest BCUT2D eigenvalue weighted by molar-refractivity contribution is 4.58. The number of aliphatic hydroxyl groups is 2. The minimum Gasteiger partial charge on any atom is -0.396 e. The molecule has 0 heterocycles. The van der Waals surface area contributed by atoms with E-state index < -0.39 is 0 Å². The fourth-order valence-electron chi connectivity index (χ4n) is 1.53. The first-order valence-corrected chi connectivity index (χ1v) is 5.60. The van der Waals surface area contributed by atoms with E-state index in [-0.39, 0.29) is 6.10 Å². The van der Waals surface area contributed by atoms with Crippen molar-refractivity contribution in [3.05, 3.63) is 0 Å². The van der Waals surface area contributed by atoms with E-state index in [1.54, 1.807) is 0 Å². The third-order valence-electron chi connectivity index (χ3n) is 2.27. The SMILES string of the molecule is CN(C)CC(O)CCCCCCCO. The summed E-state index contributed by atoms with van der Waals surface area (Å²) >= 11 is 0. The van der Waals surface area contributed by atoms with Gasteiger partial charge in [-0.05, 0) is 26.9 Å². The van der Waals surface area contributed by atoms with Gasteiger partial charge in [0.05, 0.1) is 6.10 Å². The summed E-state index contributed by atoms with van der Waals surface area (Å²) in [4.78, 5) is 2.01. The summed E-state index contributed by atoms with van der Waals surface area (Å²) in [5, 5.41) is 18.1. The van der Waals surface area contributed by atoms with Gasteiger partial charge >= 0.3 is 0 Å². The topological polar surface area (TPSA) is 43.7 Å². The zero-order valence-electron chi connectivity index (χ0n) is 9.58. The predicted octanol–water partition coefficient (Wildman–Crippen LogP) is 1.24. The standard InChI is InChI=1S/C11H25NO2/c1-12(2)10-11(14)8-6-4-3-5-7-9-13/h11,13-14H,3-10H2,1-2H3. The molecule has 3 nitrogen and oxygen atoms in total. The van der Waals surface area contributed by atoms with Gasteiger partial charge in [-0.1, -0.05) is 25.7 Å². The molecule has 86 valence electrons. The second-order valence-corrected chi connectivity index (χ2v) is 4.20. The van der Waals surface area contributed by atoms with E-state index in [0.29, 0.717) is 6.61 Å². The molecule has 0 aliphatic heterocycles. The molecular weight excluding hydrogens is 178 g/mol. The molecule has 14 heavy (non-hydrogen) atoms. The van der Waals surface area contributed by atoms with E-state index in [9.17, 15) is 5.11 Å². The average Bonchev–Trinajstić information content (AvgIpc) is 2.10. The van der Waals surface area contributed by atoms with E-state index in [4.69, 9.17) is 5.11 Å². The van der Waals surface area contributed by atoms with Crippen molar-refractivity contribution in [1.82, 2.24) is 4.90 Å². The summed E-state index contributed by atoms with van der Waals surface area (Å²) in [6.45, 7) is 1.07. The Kier molecular flexibility index (Phi) is 9.35. The van der Waals surface area contributed by atoms with Crippen molar-refractivity contribution < 1.29 is 10.2 Å². The van der Waals surface area contributed by atoms with Crippen molar-refractivity contribution in [2.45, 2.75) is 44.6 Å². The van der Waals surface area contributed by atoms with Crippen molar-refractivity contribution in [2.75, 3.05) is 27.2 Å². The Balaban J connectivity index is 3.10. The van der Waals surface area contributed by atoms with Crippen molar-refractivity contribution in [1.29, 1.82) is 0 Å². The molecule has 0 saturated carbocycles. The molecule has 0 bridgehead atoms. The number of nitrogens with zero attached hydrogens (tertiary/aromatic N) is 1. The fraction of sp³-hybridized carbons (Fsp3) is 1.00. The second kappa shape index (κ2) is 9.44. The maximum Gasteiger partial charge on any atom is 0.0666 e. The largest absolute Gasteiger partial charge is 0.396 e. The Morgan fingerprint density at radius 3 is 2.14 bits per heavy atom. The number of unbranched alkanes of at least 4 members (excludes halogenated alkanes) is 4. The van der Waals surface area contributed by atoms with E-state index in [1.165, 1.54) is 12.8 Å². The Morgan fingerprint density at radius 1 is 1.00 bits per heavy atom. The summed E-state index contributed by atoms with van der Waals surface area (Å²) in [6, 6.07) is 0. The number of likely N-dealkylation sites (N-methyl/N-ethyl adjacent to an activating group) is 1. The van der Waals surface area contributed by atoms with Crippen LogP contribution in [-0.4, -0.2) is 48.5 Å². The lowest BCUT2D eigenvalue weighted by Gasteiger charge is -2.15. The highest BCUT2D eigenvalue weighted by atomic mass is 16.3. The van der Waals surface area contributed by atoms with Crippen LogP contribution in [0.4, 0.5) is 0 Å². The highest BCUT2D eigenvalue weighted by Gasteiger charge is 2.04. The van der Waals surface area contributed by atoms with E-state index in [1.807, 2.05) is 19.0 Å². The molecule has 0 aliphatic rings. The van der Waals surface area contributed by atoms with Crippen LogP contribution in [0.3, 0.4) is 0 Å². The van der Waals surface area contributed by atoms with Crippen LogP contribution in [0.25, 0.3) is 0 Å². The van der Waals surface area contributed by atoms with Gasteiger partial charge in [0, 0.05) is 13.2 Å². The molecule has 1 atom stereocenters. The summed E-state index contributed by atoms with van der Waals surface area (Å²) in [5.74, 6) is 0. The van der Waals surface area contributed by atoms with Crippen molar-refractivity contribution in [3.8, 4) is 0 Å². The van der Waals surface area contributed by atoms with Gasteiger partial charge in [0.2, 0.25) is 0 Å². The number of hydrogen-bond acceptors (Lipinski definition) is 3. The van der Waals surface area contributed by atoms with Gasteiger partial charge in [-0.15, -0.1) is 0 Å². The Labute approximate surface area is 87.7 Å². The van der Waals surface area contributed by atoms with Crippen LogP contribution in [0.5, 0.6) is 0 Å². The number of hydrogen-bond donors (Lipinski definition) is 2. The van der Waals surface area contributed by atoms with Gasteiger partial charge in [0.15, 0.2) is 0 Å². The predicted molar refractivity (Wildman–Crippen MR) is 59.3 cm³/mol. The molecule has 0 spiro atoms. The normalized spacial score (nSPS) is 13.5. The first-order chi connectivity index (χ1) is 6.66. The van der Waals surface area contributed by atoms with Crippen LogP contribution >= 0.6 is 0 Å². The first-order valence-electron chi connectivity index (χ1n) is 5.60. The van der Waals surface area contributed by atoms with E-state index >= 15 is 0 Å². The van der Waals surface area contributed by atoms with Crippen molar-refractivity contribution in [3.63, 3.8) is 0 Å². The molecule has 3 heteroatoms. The van der Waals surface area contributed by atoms with Crippen molar-refractivity contribution >= 4 is 0 Å². The first kappa shape index (κ1) is 13.9. The Morgan fingerprint density at radius 2 is 1.57 bits per heavy atom. The third kappa shape index (κ3) is 9.96. The molecule has 0 radical (unpaired) electrons. The summed E-state index contributed by atoms with van der Waals surface area (Å²) < 4.78 is 0. The molecule has 0 saturated heterocycles. The van der Waals surface area contributed by atoms with Crippen LogP contribution in [0.2, 0.25) is 0 Å². The Hall–Kier alpha value is -0.120. The maximum absolute atomic E-state index is 9.54. The molecule has 1 unspecified atom stereocenters. The summed E-state index contributed by atoms with van der Waals surface area (Å²) in [6.07, 6.45) is 6.20. The quantitative estimate of drug-likeness (QED) is 0.554. The van der Waals surface area contributed by atoms with Crippen LogP contribution in [0, 0.1) is 0 Å². The zero-order valence-corrected chi connectivity index (χ0v) is 9.58. The molecule has 0 aromatic heterocycles. The lowest BCUT2D eigenvalue weighted by molar-refractivity contribution is 0.125. The molecule has 0 rings (SSSR count). The van der Waals surface area contributed by atoms with Crippen molar-refractivity contribution in [2.24, 2.45) is 0 Å². The molecule has 0 aromatic rings. The van der Waals surface area contributed by atoms with Gasteiger partial charge in [0.1, 0.15) is 0 Å². The third-order valence-corrected chi connectivity index (χ3v) is 2.27. The molecule has 2 N–H and O–H groups in total. The average molecular weight is 203 g/mol. The summed E-state index contributed by atoms with van der Waals surface area (Å²) in [7, 11) is 3.95. The van der Waals surface area contributed by atoms with Gasteiger partial charge in [-0.25, -0.2) is 0 Å². The molecule has 0 aromatic carbocycles. The number of aliphatic hydroxyl groups excluding tert-OH is 2. The van der Waals surface area contributed by atoms with Crippen LogP contribution in [-0.2, 0) is 0 Å². The number of rotatable bonds is 9. The van der Waals surface area contributed by atoms with Crippen LogP contribution in [0.1, 0.15) is 38.5 Å². The van der Waals surface area contributed by atoms with Crippen LogP contribution in [0.15, 0.2) is 0 Å².